The van der Waals surface area contributed by atoms with Gasteiger partial charge < -0.3 is 13.9 Å². The highest BCUT2D eigenvalue weighted by atomic mass is 19.1. The van der Waals surface area contributed by atoms with E-state index in [1.807, 2.05) is 0 Å². The molecule has 0 spiro atoms. The number of benzene rings is 1. The van der Waals surface area contributed by atoms with Crippen LogP contribution in [0.3, 0.4) is 0 Å². The van der Waals surface area contributed by atoms with Gasteiger partial charge in [0.15, 0.2) is 0 Å². The predicted octanol–water partition coefficient (Wildman–Crippen LogP) is 2.78. The largest absolute Gasteiger partial charge is 0.463 e. The van der Waals surface area contributed by atoms with E-state index in [0.29, 0.717) is 19.7 Å². The monoisotopic (exact) mass is 319 g/mol. The van der Waals surface area contributed by atoms with Crippen LogP contribution in [0.15, 0.2) is 41.0 Å². The lowest BCUT2D eigenvalue weighted by atomic mass is 10.1. The number of ether oxygens (including phenoxy) is 2. The van der Waals surface area contributed by atoms with Crippen molar-refractivity contribution in [3.05, 3.63) is 59.3 Å². The number of carbonyl (C=O) groups excluding carboxylic acids is 1. The number of esters is 1. The van der Waals surface area contributed by atoms with Gasteiger partial charge in [-0.1, -0.05) is 12.1 Å². The number of hydrogen-bond acceptors (Lipinski definition) is 5. The number of hydrogen-bond donors (Lipinski definition) is 0. The molecule has 3 rings (SSSR count). The molecule has 0 aliphatic carbocycles. The first kappa shape index (κ1) is 15.7. The van der Waals surface area contributed by atoms with Gasteiger partial charge in [0.1, 0.15) is 5.82 Å². The molecule has 122 valence electrons. The van der Waals surface area contributed by atoms with E-state index >= 15 is 0 Å². The maximum Gasteiger partial charge on any atom is 0.374 e. The molecule has 1 aromatic heterocycles. The minimum atomic E-state index is -0.478. The highest BCUT2D eigenvalue weighted by Gasteiger charge is 2.24. The quantitative estimate of drug-likeness (QED) is 0.811. The van der Waals surface area contributed by atoms with Gasteiger partial charge in [-0.15, -0.1) is 0 Å². The van der Waals surface area contributed by atoms with Gasteiger partial charge in [-0.05, 0) is 23.8 Å². The van der Waals surface area contributed by atoms with E-state index in [0.717, 1.165) is 17.7 Å². The van der Waals surface area contributed by atoms with Crippen LogP contribution in [0.25, 0.3) is 0 Å². The second kappa shape index (κ2) is 6.93. The molecule has 1 fully saturated rings. The van der Waals surface area contributed by atoms with Crippen LogP contribution < -0.4 is 0 Å². The Kier molecular flexibility index (Phi) is 4.73. The summed E-state index contributed by atoms with van der Waals surface area (Å²) in [5.41, 5.74) is 1.73. The zero-order valence-electron chi connectivity index (χ0n) is 12.8. The molecule has 5 nitrogen and oxygen atoms in total. The van der Waals surface area contributed by atoms with Gasteiger partial charge in [0, 0.05) is 25.2 Å². The van der Waals surface area contributed by atoms with Crippen molar-refractivity contribution in [1.29, 1.82) is 0 Å². The number of halogens is 1. The minimum absolute atomic E-state index is 0.113. The smallest absolute Gasteiger partial charge is 0.374 e. The third-order valence-electron chi connectivity index (χ3n) is 3.90. The molecule has 0 amide bonds. The Morgan fingerprint density at radius 2 is 2.13 bits per heavy atom. The normalized spacial score (nSPS) is 18.8. The Balaban J connectivity index is 1.68. The molecule has 1 saturated heterocycles. The molecular formula is C17H18FNO4. The number of methoxy groups -OCH3 is 1. The van der Waals surface area contributed by atoms with Crippen LogP contribution in [0.5, 0.6) is 0 Å². The Morgan fingerprint density at radius 3 is 2.87 bits per heavy atom. The molecule has 1 unspecified atom stereocenters. The van der Waals surface area contributed by atoms with Crippen molar-refractivity contribution >= 4 is 5.97 Å². The van der Waals surface area contributed by atoms with E-state index in [9.17, 15) is 9.18 Å². The average Bonchev–Trinajstić information content (AvgIpc) is 3.03. The topological polar surface area (TPSA) is 51.9 Å². The molecule has 0 bridgehead atoms. The summed E-state index contributed by atoms with van der Waals surface area (Å²) in [6, 6.07) is 8.11. The van der Waals surface area contributed by atoms with E-state index in [-0.39, 0.29) is 17.7 Å². The Hall–Kier alpha value is -2.18. The first-order valence-electron chi connectivity index (χ1n) is 7.41. The van der Waals surface area contributed by atoms with Gasteiger partial charge in [0.05, 0.1) is 26.1 Å². The van der Waals surface area contributed by atoms with E-state index in [2.05, 4.69) is 4.90 Å². The van der Waals surface area contributed by atoms with Crippen molar-refractivity contribution in [3.8, 4) is 0 Å². The van der Waals surface area contributed by atoms with Crippen LogP contribution in [0, 0.1) is 5.82 Å². The zero-order chi connectivity index (χ0) is 16.2. The average molecular weight is 319 g/mol. The fourth-order valence-corrected chi connectivity index (χ4v) is 2.70. The van der Waals surface area contributed by atoms with E-state index in [1.165, 1.54) is 25.5 Å². The lowest BCUT2D eigenvalue weighted by Crippen LogP contribution is -2.38. The van der Waals surface area contributed by atoms with Gasteiger partial charge in [-0.25, -0.2) is 9.18 Å². The minimum Gasteiger partial charge on any atom is -0.463 e. The molecule has 0 saturated carbocycles. The number of morpholine rings is 1. The van der Waals surface area contributed by atoms with Crippen LogP contribution in [-0.2, 0) is 16.0 Å². The fraction of sp³-hybridized carbons (Fsp3) is 0.353. The summed E-state index contributed by atoms with van der Waals surface area (Å²) in [6.45, 7) is 2.57. The first-order chi connectivity index (χ1) is 11.2. The predicted molar refractivity (Wildman–Crippen MR) is 80.4 cm³/mol. The third-order valence-corrected chi connectivity index (χ3v) is 3.90. The van der Waals surface area contributed by atoms with Crippen molar-refractivity contribution in [2.24, 2.45) is 0 Å². The summed E-state index contributed by atoms with van der Waals surface area (Å²) in [7, 11) is 1.33. The number of nitrogens with zero attached hydrogens (tertiary/aromatic N) is 1. The Bertz CT molecular complexity index is 667. The summed E-state index contributed by atoms with van der Waals surface area (Å²) >= 11 is 0. The SMILES string of the molecule is COC(=O)c1occc1CN1CCOC(c2ccc(F)cc2)C1. The number of carbonyl (C=O) groups is 1. The van der Waals surface area contributed by atoms with Gasteiger partial charge in [-0.2, -0.15) is 0 Å². The number of rotatable bonds is 4. The fourth-order valence-electron chi connectivity index (χ4n) is 2.70. The van der Waals surface area contributed by atoms with Gasteiger partial charge in [0.2, 0.25) is 5.76 Å². The van der Waals surface area contributed by atoms with Gasteiger partial charge in [-0.3, -0.25) is 4.90 Å². The summed E-state index contributed by atoms with van der Waals surface area (Å²) in [4.78, 5) is 13.8. The summed E-state index contributed by atoms with van der Waals surface area (Å²) in [5, 5.41) is 0. The van der Waals surface area contributed by atoms with Crippen LogP contribution in [0.4, 0.5) is 4.39 Å². The molecule has 23 heavy (non-hydrogen) atoms. The lowest BCUT2D eigenvalue weighted by molar-refractivity contribution is -0.0331. The molecule has 0 N–H and O–H groups in total. The zero-order valence-corrected chi connectivity index (χ0v) is 12.8. The first-order valence-corrected chi connectivity index (χ1v) is 7.41. The third kappa shape index (κ3) is 3.60. The van der Waals surface area contributed by atoms with Crippen LogP contribution in [-0.4, -0.2) is 37.7 Å². The second-order valence-electron chi connectivity index (χ2n) is 5.41. The van der Waals surface area contributed by atoms with Crippen LogP contribution in [0.2, 0.25) is 0 Å². The highest BCUT2D eigenvalue weighted by Crippen LogP contribution is 2.24. The van der Waals surface area contributed by atoms with Crippen molar-refractivity contribution in [3.63, 3.8) is 0 Å². The molecule has 0 radical (unpaired) electrons. The molecule has 1 atom stereocenters. The maximum atomic E-state index is 13.0. The lowest BCUT2D eigenvalue weighted by Gasteiger charge is -2.33. The molecule has 6 heteroatoms. The highest BCUT2D eigenvalue weighted by molar-refractivity contribution is 5.87. The summed E-state index contributed by atoms with van der Waals surface area (Å²) in [5.74, 6) is -0.506. The van der Waals surface area contributed by atoms with E-state index in [4.69, 9.17) is 13.9 Å². The van der Waals surface area contributed by atoms with Crippen LogP contribution >= 0.6 is 0 Å². The summed E-state index contributed by atoms with van der Waals surface area (Å²) in [6.07, 6.45) is 1.37. The molecule has 1 aliphatic heterocycles. The Morgan fingerprint density at radius 1 is 1.35 bits per heavy atom. The molecule has 1 aliphatic rings. The van der Waals surface area contributed by atoms with Crippen molar-refractivity contribution < 1.29 is 23.1 Å². The van der Waals surface area contributed by atoms with Gasteiger partial charge in [0.25, 0.3) is 0 Å². The summed E-state index contributed by atoms with van der Waals surface area (Å²) < 4.78 is 28.7. The van der Waals surface area contributed by atoms with Crippen LogP contribution in [0.1, 0.15) is 27.8 Å². The van der Waals surface area contributed by atoms with E-state index < -0.39 is 5.97 Å². The number of furan rings is 1. The van der Waals surface area contributed by atoms with Crippen molar-refractivity contribution in [1.82, 2.24) is 4.90 Å². The standard InChI is InChI=1S/C17H18FNO4/c1-21-17(20)16-13(6-8-23-16)10-19-7-9-22-15(11-19)12-2-4-14(18)5-3-12/h2-6,8,15H,7,9-11H2,1H3. The Labute approximate surface area is 133 Å². The molecular weight excluding hydrogens is 301 g/mol. The van der Waals surface area contributed by atoms with Crippen molar-refractivity contribution in [2.45, 2.75) is 12.6 Å². The second-order valence-corrected chi connectivity index (χ2v) is 5.41. The molecule has 1 aromatic carbocycles. The molecule has 2 aromatic rings. The van der Waals surface area contributed by atoms with Gasteiger partial charge >= 0.3 is 5.97 Å². The molecule has 2 heterocycles. The maximum absolute atomic E-state index is 13.0. The van der Waals surface area contributed by atoms with Crippen molar-refractivity contribution in [2.75, 3.05) is 26.8 Å². The van der Waals surface area contributed by atoms with E-state index in [1.54, 1.807) is 18.2 Å².